The van der Waals surface area contributed by atoms with E-state index in [2.05, 4.69) is 41.8 Å². The molecule has 0 unspecified atom stereocenters. The second-order valence-corrected chi connectivity index (χ2v) is 8.89. The van der Waals surface area contributed by atoms with Crippen LogP contribution < -0.4 is 15.3 Å². The summed E-state index contributed by atoms with van der Waals surface area (Å²) >= 11 is 3.35. The van der Waals surface area contributed by atoms with Crippen LogP contribution in [0.5, 0.6) is 11.5 Å². The molecule has 3 aromatic rings. The van der Waals surface area contributed by atoms with E-state index in [0.29, 0.717) is 10.2 Å². The van der Waals surface area contributed by atoms with Crippen molar-refractivity contribution in [3.63, 3.8) is 0 Å². The minimum Gasteiger partial charge on any atom is -0.485 e. The first-order valence-corrected chi connectivity index (χ1v) is 10.6. The Morgan fingerprint density at radius 2 is 1.81 bits per heavy atom. The summed E-state index contributed by atoms with van der Waals surface area (Å²) in [4.78, 5) is 25.1. The van der Waals surface area contributed by atoms with Crippen molar-refractivity contribution >= 4 is 33.4 Å². The number of halogens is 1. The molecule has 8 heteroatoms. The third-order valence-electron chi connectivity index (χ3n) is 4.61. The maximum Gasteiger partial charge on any atom is 0.379 e. The first-order valence-electron chi connectivity index (χ1n) is 9.79. The van der Waals surface area contributed by atoms with E-state index in [4.69, 9.17) is 19.7 Å². The second-order valence-electron chi connectivity index (χ2n) is 7.97. The number of hydrazone groups is 1. The highest BCUT2D eigenvalue weighted by Crippen LogP contribution is 2.26. The molecule has 0 saturated carbocycles. The molecule has 0 saturated heterocycles. The first kappa shape index (κ1) is 23.3. The summed E-state index contributed by atoms with van der Waals surface area (Å²) in [6.45, 7) is 6.06. The number of carbonyl (C=O) groups excluding carboxylic acids is 2. The van der Waals surface area contributed by atoms with Gasteiger partial charge in [0, 0.05) is 10.0 Å². The van der Waals surface area contributed by atoms with Gasteiger partial charge in [-0.15, -0.1) is 0 Å². The second kappa shape index (κ2) is 9.82. The molecule has 0 spiro atoms. The zero-order chi connectivity index (χ0) is 23.3. The van der Waals surface area contributed by atoms with Crippen molar-refractivity contribution in [1.82, 2.24) is 0 Å². The van der Waals surface area contributed by atoms with E-state index in [9.17, 15) is 9.59 Å². The van der Waals surface area contributed by atoms with Crippen LogP contribution in [0, 0.1) is 0 Å². The average molecular weight is 499 g/mol. The van der Waals surface area contributed by atoms with E-state index >= 15 is 0 Å². The standard InChI is InChI=1S/C24H23BrN2O5/c1-24(2,3)15-6-9-17(10-7-15)31-14-19(28)22(27-26)18-13-16(25)8-11-20(18)32-23(29)21-5-4-12-30-21/h4-13H,14,26H2,1-3H3/b27-22+. The number of hydrogen-bond donors (Lipinski definition) is 1. The fraction of sp³-hybridized carbons (Fsp3) is 0.208. The minimum atomic E-state index is -0.711. The molecule has 1 aromatic heterocycles. The molecular weight excluding hydrogens is 476 g/mol. The van der Waals surface area contributed by atoms with Gasteiger partial charge in [0.15, 0.2) is 6.61 Å². The van der Waals surface area contributed by atoms with Crippen LogP contribution in [0.2, 0.25) is 0 Å². The Labute approximate surface area is 194 Å². The number of nitrogens with two attached hydrogens (primary N) is 1. The molecule has 2 aromatic carbocycles. The number of hydrogen-bond acceptors (Lipinski definition) is 7. The van der Waals surface area contributed by atoms with Gasteiger partial charge in [-0.1, -0.05) is 48.8 Å². The topological polar surface area (TPSA) is 104 Å². The molecule has 3 rings (SSSR count). The van der Waals surface area contributed by atoms with E-state index in [1.165, 1.54) is 18.4 Å². The molecular formula is C24H23BrN2O5. The van der Waals surface area contributed by atoms with Gasteiger partial charge >= 0.3 is 5.97 Å². The molecule has 1 heterocycles. The Balaban J connectivity index is 1.76. The molecule has 0 aliphatic heterocycles. The van der Waals surface area contributed by atoms with Crippen molar-refractivity contribution in [2.45, 2.75) is 26.2 Å². The van der Waals surface area contributed by atoms with E-state index in [1.807, 2.05) is 24.3 Å². The predicted octanol–water partition coefficient (Wildman–Crippen LogP) is 4.87. The highest BCUT2D eigenvalue weighted by atomic mass is 79.9. The van der Waals surface area contributed by atoms with E-state index in [0.717, 1.165) is 5.56 Å². The third kappa shape index (κ3) is 5.64. The van der Waals surface area contributed by atoms with Gasteiger partial charge in [0.2, 0.25) is 11.5 Å². The maximum absolute atomic E-state index is 12.8. The largest absolute Gasteiger partial charge is 0.485 e. The monoisotopic (exact) mass is 498 g/mol. The van der Waals surface area contributed by atoms with Crippen molar-refractivity contribution in [1.29, 1.82) is 0 Å². The number of furan rings is 1. The number of nitrogens with zero attached hydrogens (tertiary/aromatic N) is 1. The zero-order valence-electron chi connectivity index (χ0n) is 17.9. The van der Waals surface area contributed by atoms with Gasteiger partial charge in [0.25, 0.3) is 0 Å². The van der Waals surface area contributed by atoms with Crippen LogP contribution in [0.4, 0.5) is 0 Å². The van der Waals surface area contributed by atoms with Crippen LogP contribution in [0.25, 0.3) is 0 Å². The lowest BCUT2D eigenvalue weighted by molar-refractivity contribution is -0.114. The van der Waals surface area contributed by atoms with E-state index in [1.54, 1.807) is 18.2 Å². The van der Waals surface area contributed by atoms with Gasteiger partial charge in [0.1, 0.15) is 17.2 Å². The summed E-state index contributed by atoms with van der Waals surface area (Å²) in [5, 5.41) is 3.64. The lowest BCUT2D eigenvalue weighted by Crippen LogP contribution is -2.25. The fourth-order valence-electron chi connectivity index (χ4n) is 2.88. The molecule has 0 fully saturated rings. The van der Waals surface area contributed by atoms with Gasteiger partial charge < -0.3 is 19.7 Å². The van der Waals surface area contributed by atoms with Crippen molar-refractivity contribution in [3.05, 3.63) is 82.2 Å². The number of ether oxygens (including phenoxy) is 2. The number of carbonyl (C=O) groups is 2. The lowest BCUT2D eigenvalue weighted by Gasteiger charge is -2.19. The summed E-state index contributed by atoms with van der Waals surface area (Å²) in [5.74, 6) is 5.02. The summed E-state index contributed by atoms with van der Waals surface area (Å²) < 4.78 is 16.7. The minimum absolute atomic E-state index is 0.0118. The van der Waals surface area contributed by atoms with Gasteiger partial charge in [-0.3, -0.25) is 4.79 Å². The third-order valence-corrected chi connectivity index (χ3v) is 5.10. The Kier molecular flexibility index (Phi) is 7.15. The van der Waals surface area contributed by atoms with Crippen molar-refractivity contribution in [3.8, 4) is 11.5 Å². The molecule has 166 valence electrons. The zero-order valence-corrected chi connectivity index (χ0v) is 19.5. The quantitative estimate of drug-likeness (QED) is 0.164. The number of benzene rings is 2. The van der Waals surface area contributed by atoms with Crippen LogP contribution in [-0.2, 0) is 10.2 Å². The molecule has 0 radical (unpaired) electrons. The van der Waals surface area contributed by atoms with Crippen LogP contribution in [-0.4, -0.2) is 24.1 Å². The van der Waals surface area contributed by atoms with Gasteiger partial charge in [0.05, 0.1) is 6.26 Å². The van der Waals surface area contributed by atoms with Crippen molar-refractivity contribution in [2.75, 3.05) is 6.61 Å². The molecule has 7 nitrogen and oxygen atoms in total. The Morgan fingerprint density at radius 3 is 2.41 bits per heavy atom. The normalized spacial score (nSPS) is 11.8. The number of esters is 1. The van der Waals surface area contributed by atoms with Crippen molar-refractivity contribution < 1.29 is 23.5 Å². The van der Waals surface area contributed by atoms with Gasteiger partial charge in [-0.25, -0.2) is 4.79 Å². The van der Waals surface area contributed by atoms with Gasteiger partial charge in [-0.2, -0.15) is 5.10 Å². The van der Waals surface area contributed by atoms with Crippen molar-refractivity contribution in [2.24, 2.45) is 10.9 Å². The van der Waals surface area contributed by atoms with Crippen LogP contribution in [0.15, 0.2) is 74.9 Å². The molecule has 2 N–H and O–H groups in total. The molecule has 0 aliphatic carbocycles. The average Bonchev–Trinajstić information content (AvgIpc) is 3.29. The Morgan fingerprint density at radius 1 is 1.09 bits per heavy atom. The smallest absolute Gasteiger partial charge is 0.379 e. The lowest BCUT2D eigenvalue weighted by atomic mass is 9.87. The predicted molar refractivity (Wildman–Crippen MR) is 124 cm³/mol. The SMILES string of the molecule is CC(C)(C)c1ccc(OCC(=O)/C(=N/N)c2cc(Br)ccc2OC(=O)c2ccco2)cc1. The maximum atomic E-state index is 12.8. The number of Topliss-reactive ketones (excluding diaryl/α,β-unsaturated/α-hetero) is 1. The summed E-state index contributed by atoms with van der Waals surface area (Å²) in [5.41, 5.74) is 1.33. The Hall–Kier alpha value is -3.39. The molecule has 32 heavy (non-hydrogen) atoms. The van der Waals surface area contributed by atoms with Crippen LogP contribution in [0.3, 0.4) is 0 Å². The van der Waals surface area contributed by atoms with Crippen LogP contribution >= 0.6 is 15.9 Å². The molecule has 0 atom stereocenters. The Bertz CT molecular complexity index is 1130. The molecule has 0 bridgehead atoms. The molecule has 0 amide bonds. The van der Waals surface area contributed by atoms with Gasteiger partial charge in [-0.05, 0) is 53.4 Å². The fourth-order valence-corrected chi connectivity index (χ4v) is 3.24. The summed E-state index contributed by atoms with van der Waals surface area (Å²) in [7, 11) is 0. The van der Waals surface area contributed by atoms with E-state index in [-0.39, 0.29) is 34.8 Å². The highest BCUT2D eigenvalue weighted by molar-refractivity contribution is 9.10. The number of ketones is 1. The summed E-state index contributed by atoms with van der Waals surface area (Å²) in [6.07, 6.45) is 1.36. The summed E-state index contributed by atoms with van der Waals surface area (Å²) in [6, 6.07) is 15.4. The van der Waals surface area contributed by atoms with E-state index < -0.39 is 11.8 Å². The molecule has 0 aliphatic rings. The first-order chi connectivity index (χ1) is 15.2. The highest BCUT2D eigenvalue weighted by Gasteiger charge is 2.22. The van der Waals surface area contributed by atoms with Crippen LogP contribution in [0.1, 0.15) is 42.5 Å². The number of rotatable bonds is 7.